The number of hydrogen-bond donors (Lipinski definition) is 1. The van der Waals surface area contributed by atoms with Gasteiger partial charge in [-0.05, 0) is 26.8 Å². The van der Waals surface area contributed by atoms with Crippen molar-refractivity contribution in [1.82, 2.24) is 9.80 Å². The normalized spacial score (nSPS) is 18.7. The third-order valence-electron chi connectivity index (χ3n) is 4.58. The number of halogens is 5. The van der Waals surface area contributed by atoms with E-state index in [2.05, 4.69) is 0 Å². The Morgan fingerprint density at radius 1 is 1.21 bits per heavy atom. The molecule has 2 amide bonds. The van der Waals surface area contributed by atoms with Gasteiger partial charge in [-0.15, -0.1) is 0 Å². The second kappa shape index (κ2) is 10.5. The van der Waals surface area contributed by atoms with Crippen LogP contribution in [0.5, 0.6) is 0 Å². The Morgan fingerprint density at radius 2 is 1.85 bits per heavy atom. The number of nitrogens with zero attached hydrogens (tertiary/aromatic N) is 2. The molecule has 8 nitrogen and oxygen atoms in total. The molecule has 2 atom stereocenters. The van der Waals surface area contributed by atoms with E-state index in [-0.39, 0.29) is 18.5 Å². The molecule has 1 aliphatic heterocycles. The summed E-state index contributed by atoms with van der Waals surface area (Å²) in [6, 6.07) is 0.555. The smallest absolute Gasteiger partial charge is 0.411 e. The van der Waals surface area contributed by atoms with Crippen molar-refractivity contribution in [2.45, 2.75) is 55.2 Å². The van der Waals surface area contributed by atoms with Crippen molar-refractivity contribution < 1.29 is 37.7 Å². The number of carboxylic acids is 1. The average Bonchev–Trinajstić information content (AvgIpc) is 3.09. The first-order valence-electron chi connectivity index (χ1n) is 9.74. The van der Waals surface area contributed by atoms with Gasteiger partial charge in [0.1, 0.15) is 29.9 Å². The highest BCUT2D eigenvalue weighted by Crippen LogP contribution is 2.29. The molecular formula is C20H23Cl3F2N2O6. The minimum absolute atomic E-state index is 0.0650. The number of hydrogen-bond acceptors (Lipinski definition) is 5. The van der Waals surface area contributed by atoms with E-state index in [1.165, 1.54) is 0 Å². The summed E-state index contributed by atoms with van der Waals surface area (Å²) in [5.74, 6) is -3.05. The van der Waals surface area contributed by atoms with E-state index in [4.69, 9.17) is 44.3 Å². The number of benzene rings is 1. The summed E-state index contributed by atoms with van der Waals surface area (Å²) < 4.78 is 35.9. The van der Waals surface area contributed by atoms with E-state index < -0.39 is 64.4 Å². The van der Waals surface area contributed by atoms with E-state index in [9.17, 15) is 28.3 Å². The van der Waals surface area contributed by atoms with E-state index in [0.717, 1.165) is 21.9 Å². The van der Waals surface area contributed by atoms with Crippen LogP contribution < -0.4 is 0 Å². The van der Waals surface area contributed by atoms with Gasteiger partial charge < -0.3 is 14.6 Å². The van der Waals surface area contributed by atoms with Gasteiger partial charge in [-0.25, -0.2) is 23.2 Å². The Bertz CT molecular complexity index is 907. The number of carboxylic acid groups (broad SMARTS) is 1. The molecule has 0 aromatic heterocycles. The third kappa shape index (κ3) is 8.04. The summed E-state index contributed by atoms with van der Waals surface area (Å²) in [4.78, 5) is 39.1. The van der Waals surface area contributed by atoms with Crippen molar-refractivity contribution in [1.29, 1.82) is 0 Å². The van der Waals surface area contributed by atoms with Gasteiger partial charge in [0, 0.05) is 24.6 Å². The van der Waals surface area contributed by atoms with Crippen molar-refractivity contribution in [3.63, 3.8) is 0 Å². The van der Waals surface area contributed by atoms with E-state index >= 15 is 0 Å². The highest BCUT2D eigenvalue weighted by atomic mass is 35.6. The summed E-state index contributed by atoms with van der Waals surface area (Å²) in [7, 11) is 0. The third-order valence-corrected chi connectivity index (χ3v) is 4.91. The molecule has 0 bridgehead atoms. The SMILES string of the molecule is CC(C)(C)OC(=O)N1CC(N(Cc2ccc(F)cc2F)C(=O)OCC(Cl)(Cl)Cl)CC1C(=O)O. The zero-order valence-electron chi connectivity index (χ0n) is 18.0. The Labute approximate surface area is 204 Å². The second-order valence-electron chi connectivity index (χ2n) is 8.41. The summed E-state index contributed by atoms with van der Waals surface area (Å²) >= 11 is 16.9. The van der Waals surface area contributed by atoms with E-state index in [1.807, 2.05) is 0 Å². The Morgan fingerprint density at radius 3 is 2.36 bits per heavy atom. The van der Waals surface area contributed by atoms with Gasteiger partial charge in [0.25, 0.3) is 0 Å². The largest absolute Gasteiger partial charge is 0.480 e. The minimum Gasteiger partial charge on any atom is -0.480 e. The number of aliphatic carboxylic acids is 1. The molecule has 1 fully saturated rings. The van der Waals surface area contributed by atoms with Crippen LogP contribution in [0.4, 0.5) is 18.4 Å². The Balaban J connectivity index is 2.33. The minimum atomic E-state index is -1.93. The van der Waals surface area contributed by atoms with Crippen LogP contribution in [0.2, 0.25) is 0 Å². The maximum absolute atomic E-state index is 14.3. The number of rotatable bonds is 5. The van der Waals surface area contributed by atoms with Crippen molar-refractivity contribution in [2.75, 3.05) is 13.2 Å². The van der Waals surface area contributed by atoms with Crippen LogP contribution in [0.1, 0.15) is 32.8 Å². The molecule has 1 aromatic carbocycles. The molecule has 13 heteroatoms. The first-order chi connectivity index (χ1) is 15.1. The van der Waals surface area contributed by atoms with Crippen LogP contribution >= 0.6 is 34.8 Å². The fraction of sp³-hybridized carbons (Fsp3) is 0.550. The molecule has 33 heavy (non-hydrogen) atoms. The molecule has 1 aliphatic rings. The van der Waals surface area contributed by atoms with Crippen LogP contribution in [0.25, 0.3) is 0 Å². The molecule has 1 aromatic rings. The van der Waals surface area contributed by atoms with Crippen LogP contribution in [0.15, 0.2) is 18.2 Å². The van der Waals surface area contributed by atoms with Gasteiger partial charge in [-0.1, -0.05) is 40.9 Å². The Kier molecular flexibility index (Phi) is 8.64. The number of likely N-dealkylation sites (tertiary alicyclic amines) is 1. The lowest BCUT2D eigenvalue weighted by molar-refractivity contribution is -0.142. The molecule has 2 rings (SSSR count). The second-order valence-corrected chi connectivity index (χ2v) is 10.9. The van der Waals surface area contributed by atoms with Crippen LogP contribution in [0, 0.1) is 11.6 Å². The number of amides is 2. The van der Waals surface area contributed by atoms with E-state index in [1.54, 1.807) is 20.8 Å². The molecule has 0 spiro atoms. The summed E-state index contributed by atoms with van der Waals surface area (Å²) in [5, 5.41) is 9.61. The molecule has 184 valence electrons. The lowest BCUT2D eigenvalue weighted by atomic mass is 10.1. The molecule has 1 N–H and O–H groups in total. The number of ether oxygens (including phenoxy) is 2. The lowest BCUT2D eigenvalue weighted by Gasteiger charge is -2.29. The molecule has 0 saturated carbocycles. The van der Waals surface area contributed by atoms with Gasteiger partial charge in [-0.2, -0.15) is 0 Å². The predicted octanol–water partition coefficient (Wildman–Crippen LogP) is 4.74. The Hall–Kier alpha value is -2.04. The quantitative estimate of drug-likeness (QED) is 0.552. The first kappa shape index (κ1) is 27.2. The molecular weight excluding hydrogens is 509 g/mol. The van der Waals surface area contributed by atoms with Gasteiger partial charge in [-0.3, -0.25) is 9.80 Å². The zero-order chi connectivity index (χ0) is 25.1. The summed E-state index contributed by atoms with van der Waals surface area (Å²) in [6.07, 6.45) is -2.12. The van der Waals surface area contributed by atoms with Crippen molar-refractivity contribution in [3.8, 4) is 0 Å². The van der Waals surface area contributed by atoms with Crippen LogP contribution in [0.3, 0.4) is 0 Å². The van der Waals surface area contributed by atoms with Crippen molar-refractivity contribution in [2.24, 2.45) is 0 Å². The van der Waals surface area contributed by atoms with Crippen LogP contribution in [-0.4, -0.2) is 67.7 Å². The van der Waals surface area contributed by atoms with Crippen LogP contribution in [-0.2, 0) is 20.8 Å². The number of carbonyl (C=O) groups excluding carboxylic acids is 2. The number of alkyl halides is 3. The topological polar surface area (TPSA) is 96.4 Å². The van der Waals surface area contributed by atoms with Gasteiger partial charge in [0.2, 0.25) is 3.79 Å². The summed E-state index contributed by atoms with van der Waals surface area (Å²) in [5.41, 5.74) is -0.955. The average molecular weight is 532 g/mol. The molecule has 0 aliphatic carbocycles. The maximum Gasteiger partial charge on any atom is 0.411 e. The molecule has 1 heterocycles. The fourth-order valence-electron chi connectivity index (χ4n) is 3.20. The fourth-order valence-corrected chi connectivity index (χ4v) is 3.36. The zero-order valence-corrected chi connectivity index (χ0v) is 20.3. The molecule has 2 unspecified atom stereocenters. The van der Waals surface area contributed by atoms with E-state index in [0.29, 0.717) is 6.07 Å². The van der Waals surface area contributed by atoms with Gasteiger partial charge in [0.05, 0.1) is 12.6 Å². The highest BCUT2D eigenvalue weighted by Gasteiger charge is 2.45. The molecule has 0 radical (unpaired) electrons. The standard InChI is InChI=1S/C20H23Cl3F2N2O6/c1-19(2,3)33-18(31)27-9-13(7-15(27)16(28)29)26(17(30)32-10-20(21,22)23)8-11-4-5-12(24)6-14(11)25/h4-6,13,15H,7-10H2,1-3H3,(H,28,29). The number of carbonyl (C=O) groups is 3. The molecule has 1 saturated heterocycles. The van der Waals surface area contributed by atoms with Gasteiger partial charge in [0.15, 0.2) is 0 Å². The van der Waals surface area contributed by atoms with Crippen molar-refractivity contribution >= 4 is 53.0 Å². The van der Waals surface area contributed by atoms with Crippen molar-refractivity contribution in [3.05, 3.63) is 35.4 Å². The monoisotopic (exact) mass is 530 g/mol. The lowest BCUT2D eigenvalue weighted by Crippen LogP contribution is -2.45. The predicted molar refractivity (Wildman–Crippen MR) is 116 cm³/mol. The van der Waals surface area contributed by atoms with Gasteiger partial charge >= 0.3 is 18.2 Å². The summed E-state index contributed by atoms with van der Waals surface area (Å²) in [6.45, 7) is 3.56. The first-order valence-corrected chi connectivity index (χ1v) is 10.9. The highest BCUT2D eigenvalue weighted by molar-refractivity contribution is 6.67. The maximum atomic E-state index is 14.3.